The van der Waals surface area contributed by atoms with Gasteiger partial charge in [0.1, 0.15) is 11.0 Å². The van der Waals surface area contributed by atoms with Crippen LogP contribution in [0.25, 0.3) is 0 Å². The number of halogens is 3. The minimum Gasteiger partial charge on any atom is -0.320 e. The van der Waals surface area contributed by atoms with Crippen LogP contribution in [-0.2, 0) is 0 Å². The van der Waals surface area contributed by atoms with E-state index in [2.05, 4.69) is 15.3 Å². The number of carbonyl (C=O) groups is 1. The van der Waals surface area contributed by atoms with E-state index in [4.69, 9.17) is 11.6 Å². The van der Waals surface area contributed by atoms with Crippen molar-refractivity contribution in [3.8, 4) is 0 Å². The number of aromatic nitrogens is 2. The van der Waals surface area contributed by atoms with Crippen molar-refractivity contribution < 1.29 is 13.6 Å². The Kier molecular flexibility index (Phi) is 3.47. The minimum atomic E-state index is -0.679. The van der Waals surface area contributed by atoms with E-state index < -0.39 is 17.7 Å². The SMILES string of the molecule is O=C(Nc1ccc(F)nc1)c1cc(F)cnc1Cl. The Morgan fingerprint density at radius 1 is 1.22 bits per heavy atom. The maximum atomic E-state index is 12.9. The standard InChI is InChI=1S/C11H6ClF2N3O/c12-10-8(3-6(13)4-16-10)11(18)17-7-1-2-9(14)15-5-7/h1-5H,(H,17,18). The lowest BCUT2D eigenvalue weighted by Gasteiger charge is -2.05. The van der Waals surface area contributed by atoms with Gasteiger partial charge in [-0.05, 0) is 18.2 Å². The Labute approximate surface area is 106 Å². The molecule has 2 heterocycles. The molecule has 0 radical (unpaired) electrons. The van der Waals surface area contributed by atoms with Gasteiger partial charge in [0.2, 0.25) is 5.95 Å². The second-order valence-corrected chi connectivity index (χ2v) is 3.67. The van der Waals surface area contributed by atoms with Crippen LogP contribution >= 0.6 is 11.6 Å². The molecule has 0 aliphatic heterocycles. The van der Waals surface area contributed by atoms with Crippen molar-refractivity contribution in [3.05, 3.63) is 53.1 Å². The topological polar surface area (TPSA) is 54.9 Å². The van der Waals surface area contributed by atoms with Gasteiger partial charge in [-0.25, -0.2) is 14.4 Å². The van der Waals surface area contributed by atoms with Crippen LogP contribution in [0.15, 0.2) is 30.6 Å². The predicted octanol–water partition coefficient (Wildman–Crippen LogP) is 2.66. The fourth-order valence-electron chi connectivity index (χ4n) is 1.23. The molecule has 0 atom stereocenters. The molecule has 0 aliphatic rings. The van der Waals surface area contributed by atoms with Gasteiger partial charge in [0, 0.05) is 0 Å². The van der Waals surface area contributed by atoms with Crippen LogP contribution in [0.5, 0.6) is 0 Å². The van der Waals surface area contributed by atoms with Gasteiger partial charge < -0.3 is 5.32 Å². The molecule has 0 saturated carbocycles. The number of pyridine rings is 2. The third-order valence-electron chi connectivity index (χ3n) is 2.04. The van der Waals surface area contributed by atoms with Crippen LogP contribution in [-0.4, -0.2) is 15.9 Å². The minimum absolute atomic E-state index is 0.110. The first kappa shape index (κ1) is 12.4. The van der Waals surface area contributed by atoms with Crippen LogP contribution in [0.1, 0.15) is 10.4 Å². The number of nitrogens with zero attached hydrogens (tertiary/aromatic N) is 2. The average molecular weight is 270 g/mol. The van der Waals surface area contributed by atoms with Gasteiger partial charge >= 0.3 is 0 Å². The highest BCUT2D eigenvalue weighted by atomic mass is 35.5. The molecule has 18 heavy (non-hydrogen) atoms. The Hall–Kier alpha value is -2.08. The number of anilines is 1. The van der Waals surface area contributed by atoms with Crippen LogP contribution in [0.2, 0.25) is 5.15 Å². The number of carbonyl (C=O) groups excluding carboxylic acids is 1. The van der Waals surface area contributed by atoms with Crippen molar-refractivity contribution in [3.63, 3.8) is 0 Å². The smallest absolute Gasteiger partial charge is 0.258 e. The molecule has 2 aromatic rings. The summed E-state index contributed by atoms with van der Waals surface area (Å²) in [6.07, 6.45) is 2.03. The van der Waals surface area contributed by atoms with E-state index in [9.17, 15) is 13.6 Å². The highest BCUT2D eigenvalue weighted by Crippen LogP contribution is 2.16. The van der Waals surface area contributed by atoms with E-state index in [1.165, 1.54) is 6.07 Å². The summed E-state index contributed by atoms with van der Waals surface area (Å²) >= 11 is 5.67. The molecular formula is C11H6ClF2N3O. The maximum Gasteiger partial charge on any atom is 0.258 e. The van der Waals surface area contributed by atoms with Gasteiger partial charge in [0.15, 0.2) is 0 Å². The Balaban J connectivity index is 2.21. The zero-order valence-corrected chi connectivity index (χ0v) is 9.58. The molecule has 0 aliphatic carbocycles. The van der Waals surface area contributed by atoms with Gasteiger partial charge in [-0.15, -0.1) is 0 Å². The Morgan fingerprint density at radius 3 is 2.67 bits per heavy atom. The predicted molar refractivity (Wildman–Crippen MR) is 61.4 cm³/mol. The van der Waals surface area contributed by atoms with Gasteiger partial charge in [-0.1, -0.05) is 11.6 Å². The van der Waals surface area contributed by atoms with Crippen LogP contribution in [0.3, 0.4) is 0 Å². The molecule has 1 N–H and O–H groups in total. The first-order valence-electron chi connectivity index (χ1n) is 4.80. The highest BCUT2D eigenvalue weighted by Gasteiger charge is 2.13. The zero-order chi connectivity index (χ0) is 13.1. The van der Waals surface area contributed by atoms with Crippen molar-refractivity contribution in [2.24, 2.45) is 0 Å². The fourth-order valence-corrected chi connectivity index (χ4v) is 1.42. The first-order valence-corrected chi connectivity index (χ1v) is 5.18. The van der Waals surface area contributed by atoms with Gasteiger partial charge in [0.25, 0.3) is 5.91 Å². The number of nitrogens with one attached hydrogen (secondary N) is 1. The summed E-state index contributed by atoms with van der Waals surface area (Å²) in [5.41, 5.74) is 0.155. The van der Waals surface area contributed by atoms with Gasteiger partial charge in [-0.3, -0.25) is 4.79 Å². The molecule has 2 rings (SSSR count). The Bertz CT molecular complexity index is 589. The molecular weight excluding hydrogens is 264 g/mol. The lowest BCUT2D eigenvalue weighted by Crippen LogP contribution is -2.13. The fraction of sp³-hybridized carbons (Fsp3) is 0. The second-order valence-electron chi connectivity index (χ2n) is 3.32. The van der Waals surface area contributed by atoms with E-state index >= 15 is 0 Å². The molecule has 7 heteroatoms. The Morgan fingerprint density at radius 2 is 2.00 bits per heavy atom. The number of hydrogen-bond donors (Lipinski definition) is 1. The monoisotopic (exact) mass is 269 g/mol. The van der Waals surface area contributed by atoms with Crippen LogP contribution in [0, 0.1) is 11.8 Å². The largest absolute Gasteiger partial charge is 0.320 e. The summed E-state index contributed by atoms with van der Waals surface area (Å²) < 4.78 is 25.5. The summed E-state index contributed by atoms with van der Waals surface area (Å²) in [5, 5.41) is 2.27. The van der Waals surface area contributed by atoms with Gasteiger partial charge in [-0.2, -0.15) is 4.39 Å². The highest BCUT2D eigenvalue weighted by molar-refractivity contribution is 6.33. The molecule has 2 aromatic heterocycles. The molecule has 1 amide bonds. The molecule has 0 saturated heterocycles. The van der Waals surface area contributed by atoms with Gasteiger partial charge in [0.05, 0.1) is 23.6 Å². The first-order chi connectivity index (χ1) is 8.56. The maximum absolute atomic E-state index is 12.9. The summed E-state index contributed by atoms with van der Waals surface area (Å²) in [5.74, 6) is -2.00. The van der Waals surface area contributed by atoms with E-state index in [1.54, 1.807) is 0 Å². The van der Waals surface area contributed by atoms with Crippen molar-refractivity contribution >= 4 is 23.2 Å². The van der Waals surface area contributed by atoms with Crippen molar-refractivity contribution in [1.29, 1.82) is 0 Å². The summed E-state index contributed by atoms with van der Waals surface area (Å²) in [6.45, 7) is 0. The van der Waals surface area contributed by atoms with E-state index in [0.717, 1.165) is 24.5 Å². The normalized spacial score (nSPS) is 10.2. The zero-order valence-electron chi connectivity index (χ0n) is 8.82. The molecule has 0 spiro atoms. The summed E-state index contributed by atoms with van der Waals surface area (Å²) in [7, 11) is 0. The third-order valence-corrected chi connectivity index (χ3v) is 2.34. The lowest BCUT2D eigenvalue weighted by molar-refractivity contribution is 0.102. The number of rotatable bonds is 2. The second kappa shape index (κ2) is 5.05. The van der Waals surface area contributed by atoms with E-state index in [-0.39, 0.29) is 16.4 Å². The van der Waals surface area contributed by atoms with Crippen molar-refractivity contribution in [2.75, 3.05) is 5.32 Å². The summed E-state index contributed by atoms with van der Waals surface area (Å²) in [6, 6.07) is 3.36. The molecule has 0 unspecified atom stereocenters. The number of amides is 1. The lowest BCUT2D eigenvalue weighted by atomic mass is 10.2. The molecule has 0 aromatic carbocycles. The quantitative estimate of drug-likeness (QED) is 0.853. The van der Waals surface area contributed by atoms with E-state index in [0.29, 0.717) is 0 Å². The summed E-state index contributed by atoms with van der Waals surface area (Å²) in [4.78, 5) is 18.6. The van der Waals surface area contributed by atoms with Crippen molar-refractivity contribution in [1.82, 2.24) is 9.97 Å². The molecule has 4 nitrogen and oxygen atoms in total. The molecule has 92 valence electrons. The number of hydrogen-bond acceptors (Lipinski definition) is 3. The van der Waals surface area contributed by atoms with Crippen molar-refractivity contribution in [2.45, 2.75) is 0 Å². The van der Waals surface area contributed by atoms with Crippen LogP contribution in [0.4, 0.5) is 14.5 Å². The molecule has 0 fully saturated rings. The molecule has 0 bridgehead atoms. The average Bonchev–Trinajstić information content (AvgIpc) is 2.35. The van der Waals surface area contributed by atoms with Crippen LogP contribution < -0.4 is 5.32 Å². The van der Waals surface area contributed by atoms with E-state index in [1.807, 2.05) is 0 Å². The third kappa shape index (κ3) is 2.78.